The van der Waals surface area contributed by atoms with Gasteiger partial charge in [-0.25, -0.2) is 0 Å². The van der Waals surface area contributed by atoms with Crippen LogP contribution in [0.4, 0.5) is 0 Å². The van der Waals surface area contributed by atoms with Gasteiger partial charge in [-0.1, -0.05) is 66.2 Å². The van der Waals surface area contributed by atoms with Crippen molar-refractivity contribution in [3.05, 3.63) is 0 Å². The summed E-state index contributed by atoms with van der Waals surface area (Å²) in [7, 11) is 1.86. The minimum Gasteiger partial charge on any atom is -0.464 e. The first-order valence-electron chi connectivity index (χ1n) is 12.3. The smallest absolute Gasteiger partial charge is 0.326 e. The second-order valence-corrected chi connectivity index (χ2v) is 9.64. The first kappa shape index (κ1) is 26.9. The fourth-order valence-electron chi connectivity index (χ4n) is 4.34. The van der Waals surface area contributed by atoms with E-state index in [-0.39, 0.29) is 11.9 Å². The normalized spacial score (nSPS) is 26.4. The average Bonchev–Trinajstić information content (AvgIpc) is 3.00. The number of likely N-dealkylation sites (N-methyl/N-ethyl adjacent to an activating group) is 1. The Morgan fingerprint density at radius 1 is 0.800 bits per heavy atom. The van der Waals surface area contributed by atoms with Crippen LogP contribution in [0.1, 0.15) is 106 Å². The molecule has 5 nitrogen and oxygen atoms in total. The molecule has 1 heterocycles. The zero-order valence-corrected chi connectivity index (χ0v) is 20.7. The second kappa shape index (κ2) is 12.7. The van der Waals surface area contributed by atoms with Crippen LogP contribution in [0, 0.1) is 11.8 Å². The van der Waals surface area contributed by atoms with Crippen molar-refractivity contribution in [3.63, 3.8) is 0 Å². The Balaban J connectivity index is 2.69. The van der Waals surface area contributed by atoms with E-state index in [1.165, 1.54) is 0 Å². The van der Waals surface area contributed by atoms with Crippen LogP contribution in [0.5, 0.6) is 0 Å². The number of carbonyl (C=O) groups is 2. The minimum absolute atomic E-state index is 0.217. The summed E-state index contributed by atoms with van der Waals surface area (Å²) < 4.78 is 11.5. The van der Waals surface area contributed by atoms with Crippen molar-refractivity contribution in [1.29, 1.82) is 0 Å². The molecule has 0 N–H and O–H groups in total. The summed E-state index contributed by atoms with van der Waals surface area (Å²) in [6, 6.07) is 0. The fraction of sp³-hybridized carbons (Fsp3) is 0.920. The molecule has 1 saturated heterocycles. The van der Waals surface area contributed by atoms with Gasteiger partial charge in [0.2, 0.25) is 0 Å². The van der Waals surface area contributed by atoms with E-state index < -0.39 is 11.1 Å². The molecule has 0 aromatic carbocycles. The van der Waals surface area contributed by atoms with E-state index >= 15 is 0 Å². The van der Waals surface area contributed by atoms with E-state index in [1.54, 1.807) is 0 Å². The van der Waals surface area contributed by atoms with E-state index in [1.807, 2.05) is 25.8 Å². The lowest BCUT2D eigenvalue weighted by molar-refractivity contribution is -0.165. The molecule has 0 radical (unpaired) electrons. The van der Waals surface area contributed by atoms with Crippen molar-refractivity contribution in [3.8, 4) is 0 Å². The number of rotatable bonds is 14. The molecule has 0 saturated carbocycles. The van der Waals surface area contributed by atoms with Crippen LogP contribution in [0.2, 0.25) is 0 Å². The van der Waals surface area contributed by atoms with Gasteiger partial charge in [0.05, 0.1) is 13.2 Å². The maximum Gasteiger partial charge on any atom is 0.326 e. The Hall–Kier alpha value is -1.10. The number of hydrogen-bond acceptors (Lipinski definition) is 5. The number of likely N-dealkylation sites (tertiary alicyclic amines) is 1. The van der Waals surface area contributed by atoms with Gasteiger partial charge in [-0.3, -0.25) is 14.5 Å². The molecule has 0 bridgehead atoms. The predicted octanol–water partition coefficient (Wildman–Crippen LogP) is 5.75. The molecule has 1 aliphatic rings. The molecule has 0 aromatic rings. The molecule has 0 spiro atoms. The van der Waals surface area contributed by atoms with Crippen molar-refractivity contribution in [2.24, 2.45) is 11.8 Å². The van der Waals surface area contributed by atoms with Crippen molar-refractivity contribution < 1.29 is 19.1 Å². The number of unbranched alkanes of at least 4 members (excludes halogenated alkanes) is 2. The Labute approximate surface area is 185 Å². The van der Waals surface area contributed by atoms with Gasteiger partial charge in [0, 0.05) is 0 Å². The molecule has 1 rings (SSSR count). The zero-order valence-electron chi connectivity index (χ0n) is 20.7. The molecule has 0 aliphatic carbocycles. The zero-order chi connectivity index (χ0) is 22.8. The molecule has 1 aliphatic heterocycles. The first-order valence-corrected chi connectivity index (χ1v) is 12.3. The summed E-state index contributed by atoms with van der Waals surface area (Å²) in [5, 5.41) is 0. The van der Waals surface area contributed by atoms with Crippen LogP contribution in [-0.4, -0.2) is 48.2 Å². The molecule has 176 valence electrons. The van der Waals surface area contributed by atoms with Crippen molar-refractivity contribution in [1.82, 2.24) is 4.90 Å². The SMILES string of the molecule is CCCCC(CC)COC(=O)C1(C)CCC(C)(C(=O)OCC(CC)CCCC)N1C. The number of carbonyl (C=O) groups excluding carboxylic acids is 2. The van der Waals surface area contributed by atoms with Crippen molar-refractivity contribution in [2.45, 2.75) is 117 Å². The van der Waals surface area contributed by atoms with E-state index in [9.17, 15) is 9.59 Å². The van der Waals surface area contributed by atoms with Crippen molar-refractivity contribution in [2.75, 3.05) is 20.3 Å². The second-order valence-electron chi connectivity index (χ2n) is 9.64. The monoisotopic (exact) mass is 425 g/mol. The van der Waals surface area contributed by atoms with Crippen LogP contribution in [0.15, 0.2) is 0 Å². The molecular weight excluding hydrogens is 378 g/mol. The highest BCUT2D eigenvalue weighted by molar-refractivity contribution is 5.86. The van der Waals surface area contributed by atoms with Crippen LogP contribution in [0.3, 0.4) is 0 Å². The third kappa shape index (κ3) is 6.70. The van der Waals surface area contributed by atoms with E-state index in [0.29, 0.717) is 37.9 Å². The summed E-state index contributed by atoms with van der Waals surface area (Å²) in [5.41, 5.74) is -1.58. The van der Waals surface area contributed by atoms with Crippen LogP contribution in [-0.2, 0) is 19.1 Å². The van der Waals surface area contributed by atoms with E-state index in [0.717, 1.165) is 51.4 Å². The Kier molecular flexibility index (Phi) is 11.4. The van der Waals surface area contributed by atoms with Gasteiger partial charge in [-0.05, 0) is 58.4 Å². The van der Waals surface area contributed by atoms with Gasteiger partial charge in [-0.2, -0.15) is 0 Å². The summed E-state index contributed by atoms with van der Waals surface area (Å²) in [5.74, 6) is 0.390. The molecular formula is C25H47NO4. The fourth-order valence-corrected chi connectivity index (χ4v) is 4.34. The van der Waals surface area contributed by atoms with Crippen molar-refractivity contribution >= 4 is 11.9 Å². The summed E-state index contributed by atoms with van der Waals surface area (Å²) in [4.78, 5) is 27.9. The summed E-state index contributed by atoms with van der Waals surface area (Å²) in [6.45, 7) is 13.4. The Morgan fingerprint density at radius 2 is 1.17 bits per heavy atom. The molecule has 0 aromatic heterocycles. The predicted molar refractivity (Wildman–Crippen MR) is 122 cm³/mol. The van der Waals surface area contributed by atoms with Gasteiger partial charge in [0.15, 0.2) is 0 Å². The van der Waals surface area contributed by atoms with Gasteiger partial charge in [0.1, 0.15) is 11.1 Å². The number of hydrogen-bond donors (Lipinski definition) is 0. The number of ether oxygens (including phenoxy) is 2. The molecule has 5 heteroatoms. The highest BCUT2D eigenvalue weighted by Gasteiger charge is 2.57. The highest BCUT2D eigenvalue weighted by atomic mass is 16.5. The third-order valence-electron chi connectivity index (χ3n) is 7.45. The highest BCUT2D eigenvalue weighted by Crippen LogP contribution is 2.41. The summed E-state index contributed by atoms with van der Waals surface area (Å²) in [6.07, 6.45) is 10.1. The van der Waals surface area contributed by atoms with Gasteiger partial charge in [-0.15, -0.1) is 0 Å². The molecule has 4 atom stereocenters. The number of nitrogens with zero attached hydrogens (tertiary/aromatic N) is 1. The maximum atomic E-state index is 13.0. The van der Waals surface area contributed by atoms with Gasteiger partial charge < -0.3 is 9.47 Å². The summed E-state index contributed by atoms with van der Waals surface area (Å²) >= 11 is 0. The Bertz CT molecular complexity index is 491. The quantitative estimate of drug-likeness (QED) is 0.332. The third-order valence-corrected chi connectivity index (χ3v) is 7.45. The van der Waals surface area contributed by atoms with Crippen LogP contribution >= 0.6 is 0 Å². The molecule has 4 unspecified atom stereocenters. The van der Waals surface area contributed by atoms with Gasteiger partial charge in [0.25, 0.3) is 0 Å². The minimum atomic E-state index is -0.789. The lowest BCUT2D eigenvalue weighted by atomic mass is 9.97. The van der Waals surface area contributed by atoms with Crippen LogP contribution < -0.4 is 0 Å². The molecule has 0 amide bonds. The average molecular weight is 426 g/mol. The van der Waals surface area contributed by atoms with Crippen LogP contribution in [0.25, 0.3) is 0 Å². The first-order chi connectivity index (χ1) is 14.2. The van der Waals surface area contributed by atoms with E-state index in [4.69, 9.17) is 9.47 Å². The largest absolute Gasteiger partial charge is 0.464 e. The molecule has 30 heavy (non-hydrogen) atoms. The topological polar surface area (TPSA) is 55.8 Å². The van der Waals surface area contributed by atoms with Gasteiger partial charge >= 0.3 is 11.9 Å². The number of esters is 2. The Morgan fingerprint density at radius 3 is 1.47 bits per heavy atom. The standard InChI is InChI=1S/C25H47NO4/c1-8-12-14-20(10-3)18-29-22(27)24(5)16-17-25(6,26(24)7)23(28)30-19-21(11-4)15-13-9-2/h20-21H,8-19H2,1-7H3. The molecule has 1 fully saturated rings. The lowest BCUT2D eigenvalue weighted by Crippen LogP contribution is -2.57. The lowest BCUT2D eigenvalue weighted by Gasteiger charge is -2.38. The van der Waals surface area contributed by atoms with E-state index in [2.05, 4.69) is 27.7 Å². The maximum absolute atomic E-state index is 13.0.